The van der Waals surface area contributed by atoms with Gasteiger partial charge in [-0.2, -0.15) is 0 Å². The first-order chi connectivity index (χ1) is 9.84. The number of hydrogen-bond acceptors (Lipinski definition) is 3. The van der Waals surface area contributed by atoms with E-state index < -0.39 is 0 Å². The Labute approximate surface area is 119 Å². The predicted octanol–water partition coefficient (Wildman–Crippen LogP) is 2.16. The van der Waals surface area contributed by atoms with E-state index in [4.69, 9.17) is 10.5 Å². The maximum Gasteiger partial charge on any atom is 0.0948 e. The van der Waals surface area contributed by atoms with Crippen LogP contribution in [0.2, 0.25) is 0 Å². The number of rotatable bonds is 5. The Morgan fingerprint density at radius 3 is 2.95 bits per heavy atom. The van der Waals surface area contributed by atoms with E-state index in [1.165, 1.54) is 5.56 Å². The van der Waals surface area contributed by atoms with Gasteiger partial charge in [-0.15, -0.1) is 0 Å². The lowest BCUT2D eigenvalue weighted by atomic mass is 9.97. The highest BCUT2D eigenvalue weighted by Crippen LogP contribution is 2.26. The van der Waals surface area contributed by atoms with E-state index in [9.17, 15) is 0 Å². The van der Waals surface area contributed by atoms with E-state index in [-0.39, 0.29) is 6.04 Å². The summed E-state index contributed by atoms with van der Waals surface area (Å²) >= 11 is 0. The van der Waals surface area contributed by atoms with Gasteiger partial charge in [-0.3, -0.25) is 0 Å². The molecule has 2 unspecified atom stereocenters. The molecule has 0 saturated carbocycles. The van der Waals surface area contributed by atoms with E-state index in [0.29, 0.717) is 5.92 Å². The lowest BCUT2D eigenvalue weighted by Crippen LogP contribution is -2.24. The number of aromatic nitrogens is 2. The van der Waals surface area contributed by atoms with Crippen molar-refractivity contribution < 1.29 is 4.74 Å². The number of nitrogens with two attached hydrogens (primary N) is 1. The number of hydrogen-bond donors (Lipinski definition) is 1. The minimum atomic E-state index is 0.0239. The van der Waals surface area contributed by atoms with Crippen LogP contribution in [0.15, 0.2) is 42.9 Å². The minimum Gasteiger partial charge on any atom is -0.381 e. The normalized spacial score (nSPS) is 20.1. The summed E-state index contributed by atoms with van der Waals surface area (Å²) in [5.41, 5.74) is 8.83. The van der Waals surface area contributed by atoms with Gasteiger partial charge in [0.05, 0.1) is 24.7 Å². The molecule has 1 aliphatic heterocycles. The molecule has 0 amide bonds. The van der Waals surface area contributed by atoms with Crippen molar-refractivity contribution in [3.63, 3.8) is 0 Å². The van der Waals surface area contributed by atoms with Crippen molar-refractivity contribution >= 4 is 0 Å². The van der Waals surface area contributed by atoms with E-state index in [2.05, 4.69) is 33.8 Å². The highest BCUT2D eigenvalue weighted by atomic mass is 16.5. The molecule has 0 spiro atoms. The summed E-state index contributed by atoms with van der Waals surface area (Å²) in [4.78, 5) is 4.27. The van der Waals surface area contributed by atoms with Crippen LogP contribution in [0.25, 0.3) is 0 Å². The molecule has 2 atom stereocenters. The van der Waals surface area contributed by atoms with Gasteiger partial charge in [0, 0.05) is 25.3 Å². The predicted molar refractivity (Wildman–Crippen MR) is 78.2 cm³/mol. The van der Waals surface area contributed by atoms with Crippen molar-refractivity contribution in [2.45, 2.75) is 25.4 Å². The molecule has 1 aromatic heterocycles. The van der Waals surface area contributed by atoms with E-state index in [0.717, 1.165) is 38.3 Å². The molecule has 1 aromatic carbocycles. The van der Waals surface area contributed by atoms with Gasteiger partial charge < -0.3 is 15.0 Å². The van der Waals surface area contributed by atoms with Crippen molar-refractivity contribution in [1.29, 1.82) is 0 Å². The molecule has 0 radical (unpaired) electrons. The zero-order chi connectivity index (χ0) is 13.8. The Bertz CT molecular complexity index is 532. The summed E-state index contributed by atoms with van der Waals surface area (Å²) in [5.74, 6) is 0.419. The molecular formula is C16H21N3O. The monoisotopic (exact) mass is 271 g/mol. The first-order valence-electron chi connectivity index (χ1n) is 7.22. The van der Waals surface area contributed by atoms with Crippen LogP contribution in [-0.2, 0) is 17.7 Å². The van der Waals surface area contributed by atoms with Gasteiger partial charge in [0.25, 0.3) is 0 Å². The van der Waals surface area contributed by atoms with Crippen LogP contribution in [0.4, 0.5) is 0 Å². The van der Waals surface area contributed by atoms with Crippen LogP contribution in [0.3, 0.4) is 0 Å². The van der Waals surface area contributed by atoms with Gasteiger partial charge in [0.2, 0.25) is 0 Å². The van der Waals surface area contributed by atoms with Gasteiger partial charge in [0.1, 0.15) is 0 Å². The van der Waals surface area contributed by atoms with E-state index in [1.54, 1.807) is 0 Å². The average Bonchev–Trinajstić information content (AvgIpc) is 3.17. The van der Waals surface area contributed by atoms with Gasteiger partial charge in [0.15, 0.2) is 0 Å². The number of benzene rings is 1. The van der Waals surface area contributed by atoms with E-state index in [1.807, 2.05) is 18.6 Å². The molecule has 3 rings (SSSR count). The van der Waals surface area contributed by atoms with Crippen LogP contribution < -0.4 is 5.73 Å². The Balaban J connectivity index is 1.67. The zero-order valence-corrected chi connectivity index (χ0v) is 11.6. The summed E-state index contributed by atoms with van der Waals surface area (Å²) in [5, 5.41) is 0. The second-order valence-corrected chi connectivity index (χ2v) is 5.40. The van der Waals surface area contributed by atoms with Crippen LogP contribution >= 0.6 is 0 Å². The van der Waals surface area contributed by atoms with Gasteiger partial charge in [-0.25, -0.2) is 4.98 Å². The van der Waals surface area contributed by atoms with Gasteiger partial charge >= 0.3 is 0 Å². The maximum absolute atomic E-state index is 6.37. The molecule has 4 heteroatoms. The van der Waals surface area contributed by atoms with Crippen LogP contribution in [0, 0.1) is 5.92 Å². The smallest absolute Gasteiger partial charge is 0.0948 e. The Morgan fingerprint density at radius 1 is 1.35 bits per heavy atom. The average molecular weight is 271 g/mol. The molecule has 2 heterocycles. The molecule has 1 fully saturated rings. The molecule has 0 bridgehead atoms. The number of nitrogens with zero attached hydrogens (tertiary/aromatic N) is 2. The molecule has 2 aromatic rings. The first kappa shape index (κ1) is 13.3. The summed E-state index contributed by atoms with van der Waals surface area (Å²) in [6.07, 6.45) is 5.82. The Hall–Kier alpha value is -1.65. The summed E-state index contributed by atoms with van der Waals surface area (Å²) in [6.45, 7) is 2.52. The lowest BCUT2D eigenvalue weighted by molar-refractivity contribution is 0.180. The van der Waals surface area contributed by atoms with Crippen molar-refractivity contribution in [3.8, 4) is 0 Å². The van der Waals surface area contributed by atoms with Crippen molar-refractivity contribution in [3.05, 3.63) is 54.1 Å². The molecule has 0 aliphatic carbocycles. The van der Waals surface area contributed by atoms with Crippen molar-refractivity contribution in [2.24, 2.45) is 11.7 Å². The van der Waals surface area contributed by atoms with Crippen LogP contribution in [-0.4, -0.2) is 22.8 Å². The SMILES string of the molecule is NC(c1cncn1CCc1ccccc1)C1CCOC1. The number of aryl methyl sites for hydroxylation is 2. The number of imidazole rings is 1. The molecular weight excluding hydrogens is 250 g/mol. The summed E-state index contributed by atoms with van der Waals surface area (Å²) in [7, 11) is 0. The molecule has 2 N–H and O–H groups in total. The third-order valence-electron chi connectivity index (χ3n) is 4.04. The lowest BCUT2D eigenvalue weighted by Gasteiger charge is -2.19. The quantitative estimate of drug-likeness (QED) is 0.906. The second-order valence-electron chi connectivity index (χ2n) is 5.40. The molecule has 1 aliphatic rings. The van der Waals surface area contributed by atoms with Crippen molar-refractivity contribution in [1.82, 2.24) is 9.55 Å². The summed E-state index contributed by atoms with van der Waals surface area (Å²) < 4.78 is 7.61. The van der Waals surface area contributed by atoms with Gasteiger partial charge in [-0.1, -0.05) is 30.3 Å². The first-order valence-corrected chi connectivity index (χ1v) is 7.22. The van der Waals surface area contributed by atoms with Crippen molar-refractivity contribution in [2.75, 3.05) is 13.2 Å². The topological polar surface area (TPSA) is 53.1 Å². The Morgan fingerprint density at radius 2 is 2.20 bits per heavy atom. The standard InChI is InChI=1S/C16H21N3O/c17-16(14-7-9-20-11-14)15-10-18-12-19(15)8-6-13-4-2-1-3-5-13/h1-5,10,12,14,16H,6-9,11,17H2. The minimum absolute atomic E-state index is 0.0239. The zero-order valence-electron chi connectivity index (χ0n) is 11.6. The Kier molecular flexibility index (Phi) is 4.14. The largest absolute Gasteiger partial charge is 0.381 e. The van der Waals surface area contributed by atoms with E-state index >= 15 is 0 Å². The fourth-order valence-electron chi connectivity index (χ4n) is 2.77. The fourth-order valence-corrected chi connectivity index (χ4v) is 2.77. The summed E-state index contributed by atoms with van der Waals surface area (Å²) in [6, 6.07) is 10.5. The fraction of sp³-hybridized carbons (Fsp3) is 0.438. The highest BCUT2D eigenvalue weighted by molar-refractivity contribution is 5.15. The third-order valence-corrected chi connectivity index (χ3v) is 4.04. The molecule has 4 nitrogen and oxygen atoms in total. The molecule has 106 valence electrons. The maximum atomic E-state index is 6.37. The highest BCUT2D eigenvalue weighted by Gasteiger charge is 2.26. The van der Waals surface area contributed by atoms with Crippen LogP contribution in [0.1, 0.15) is 23.7 Å². The second kappa shape index (κ2) is 6.20. The molecule has 1 saturated heterocycles. The van der Waals surface area contributed by atoms with Crippen LogP contribution in [0.5, 0.6) is 0 Å². The third kappa shape index (κ3) is 2.92. The number of ether oxygens (including phenoxy) is 1. The van der Waals surface area contributed by atoms with Gasteiger partial charge in [-0.05, 0) is 18.4 Å². The molecule has 20 heavy (non-hydrogen) atoms.